The van der Waals surface area contributed by atoms with Crippen molar-refractivity contribution in [2.45, 2.75) is 12.5 Å². The minimum Gasteiger partial charge on any atom is -0.444 e. The van der Waals surface area contributed by atoms with Crippen LogP contribution in [0, 0.1) is 0 Å². The third kappa shape index (κ3) is 2.96. The molecule has 0 unspecified atom stereocenters. The second-order valence-corrected chi connectivity index (χ2v) is 6.62. The van der Waals surface area contributed by atoms with Crippen LogP contribution in [0.15, 0.2) is 59.7 Å². The number of nitrogens with one attached hydrogen (secondary N) is 1. The predicted molar refractivity (Wildman–Crippen MR) is 101 cm³/mol. The molecular weight excluding hydrogens is 358 g/mol. The SMILES string of the molecule is O=C(N[C@H]1CCN(c2nccn3cnnc23)C1)c1coc(-c2ccccc2)n1. The van der Waals surface area contributed by atoms with Crippen molar-refractivity contribution in [2.75, 3.05) is 18.0 Å². The van der Waals surface area contributed by atoms with Crippen LogP contribution in [0.2, 0.25) is 0 Å². The van der Waals surface area contributed by atoms with Crippen molar-refractivity contribution in [1.82, 2.24) is 29.9 Å². The molecule has 0 saturated carbocycles. The lowest BCUT2D eigenvalue weighted by atomic mass is 10.2. The fraction of sp³-hybridized carbons (Fsp3) is 0.211. The van der Waals surface area contributed by atoms with E-state index in [0.29, 0.717) is 18.1 Å². The molecule has 28 heavy (non-hydrogen) atoms. The van der Waals surface area contributed by atoms with Crippen molar-refractivity contribution in [3.63, 3.8) is 0 Å². The fourth-order valence-corrected chi connectivity index (χ4v) is 3.39. The van der Waals surface area contributed by atoms with Crippen molar-refractivity contribution in [3.8, 4) is 11.5 Å². The third-order valence-electron chi connectivity index (χ3n) is 4.78. The number of carbonyl (C=O) groups is 1. The summed E-state index contributed by atoms with van der Waals surface area (Å²) in [5, 5.41) is 11.1. The van der Waals surface area contributed by atoms with Crippen LogP contribution in [0.1, 0.15) is 16.9 Å². The molecule has 1 atom stereocenters. The quantitative estimate of drug-likeness (QED) is 0.580. The highest BCUT2D eigenvalue weighted by molar-refractivity contribution is 5.92. The lowest BCUT2D eigenvalue weighted by Crippen LogP contribution is -2.37. The molecule has 1 aliphatic rings. The summed E-state index contributed by atoms with van der Waals surface area (Å²) >= 11 is 0. The van der Waals surface area contributed by atoms with Gasteiger partial charge in [0.2, 0.25) is 11.5 Å². The molecule has 1 fully saturated rings. The zero-order chi connectivity index (χ0) is 18.9. The number of aromatic nitrogens is 5. The first-order valence-corrected chi connectivity index (χ1v) is 8.99. The number of fused-ring (bicyclic) bond motifs is 1. The van der Waals surface area contributed by atoms with Crippen LogP contribution in [0.3, 0.4) is 0 Å². The van der Waals surface area contributed by atoms with Gasteiger partial charge in [0, 0.05) is 37.1 Å². The Kier molecular flexibility index (Phi) is 3.97. The molecule has 9 heteroatoms. The van der Waals surface area contributed by atoms with Crippen LogP contribution in [-0.2, 0) is 0 Å². The summed E-state index contributed by atoms with van der Waals surface area (Å²) in [5.41, 5.74) is 1.81. The molecule has 0 aliphatic carbocycles. The molecule has 9 nitrogen and oxygen atoms in total. The third-order valence-corrected chi connectivity index (χ3v) is 4.78. The van der Waals surface area contributed by atoms with E-state index in [0.717, 1.165) is 24.3 Å². The van der Waals surface area contributed by atoms with E-state index in [4.69, 9.17) is 4.42 Å². The van der Waals surface area contributed by atoms with Gasteiger partial charge in [-0.3, -0.25) is 9.20 Å². The van der Waals surface area contributed by atoms with E-state index in [2.05, 4.69) is 30.4 Å². The molecular formula is C19H17N7O2. The van der Waals surface area contributed by atoms with E-state index in [1.807, 2.05) is 40.9 Å². The van der Waals surface area contributed by atoms with Gasteiger partial charge in [-0.05, 0) is 18.6 Å². The summed E-state index contributed by atoms with van der Waals surface area (Å²) in [5.74, 6) is 0.956. The van der Waals surface area contributed by atoms with E-state index in [1.165, 1.54) is 6.26 Å². The minimum atomic E-state index is -0.244. The molecule has 0 spiro atoms. The molecule has 0 radical (unpaired) electrons. The summed E-state index contributed by atoms with van der Waals surface area (Å²) in [4.78, 5) is 23.4. The molecule has 140 valence electrons. The van der Waals surface area contributed by atoms with Crippen molar-refractivity contribution in [1.29, 1.82) is 0 Å². The van der Waals surface area contributed by atoms with Gasteiger partial charge in [0.15, 0.2) is 11.5 Å². The summed E-state index contributed by atoms with van der Waals surface area (Å²) < 4.78 is 7.28. The number of nitrogens with zero attached hydrogens (tertiary/aromatic N) is 6. The number of benzene rings is 1. The number of amides is 1. The van der Waals surface area contributed by atoms with Gasteiger partial charge in [0.25, 0.3) is 5.91 Å². The van der Waals surface area contributed by atoms with E-state index < -0.39 is 0 Å². The first-order valence-electron chi connectivity index (χ1n) is 8.99. The Morgan fingerprint density at radius 1 is 1.25 bits per heavy atom. The number of carbonyl (C=O) groups excluding carboxylic acids is 1. The van der Waals surface area contributed by atoms with Gasteiger partial charge in [-0.1, -0.05) is 18.2 Å². The molecule has 1 saturated heterocycles. The highest BCUT2D eigenvalue weighted by Gasteiger charge is 2.27. The van der Waals surface area contributed by atoms with Gasteiger partial charge in [0.1, 0.15) is 12.6 Å². The monoisotopic (exact) mass is 375 g/mol. The van der Waals surface area contributed by atoms with Crippen LogP contribution >= 0.6 is 0 Å². The van der Waals surface area contributed by atoms with Crippen molar-refractivity contribution in [2.24, 2.45) is 0 Å². The number of anilines is 1. The van der Waals surface area contributed by atoms with E-state index >= 15 is 0 Å². The number of rotatable bonds is 4. The highest BCUT2D eigenvalue weighted by atomic mass is 16.3. The number of hydrogen-bond donors (Lipinski definition) is 1. The normalized spacial score (nSPS) is 16.6. The molecule has 3 aromatic heterocycles. The number of oxazole rings is 1. The second kappa shape index (κ2) is 6.76. The van der Waals surface area contributed by atoms with Gasteiger partial charge in [-0.15, -0.1) is 10.2 Å². The van der Waals surface area contributed by atoms with E-state index in [9.17, 15) is 4.79 Å². The summed E-state index contributed by atoms with van der Waals surface area (Å²) in [6.07, 6.45) is 7.38. The highest BCUT2D eigenvalue weighted by Crippen LogP contribution is 2.22. The van der Waals surface area contributed by atoms with Crippen molar-refractivity contribution < 1.29 is 9.21 Å². The van der Waals surface area contributed by atoms with Crippen LogP contribution in [0.4, 0.5) is 5.82 Å². The summed E-state index contributed by atoms with van der Waals surface area (Å²) in [6, 6.07) is 9.49. The maximum atomic E-state index is 12.6. The Bertz CT molecular complexity index is 1120. The fourth-order valence-electron chi connectivity index (χ4n) is 3.39. The zero-order valence-electron chi connectivity index (χ0n) is 14.9. The lowest BCUT2D eigenvalue weighted by Gasteiger charge is -2.17. The van der Waals surface area contributed by atoms with Crippen LogP contribution in [0.25, 0.3) is 17.1 Å². The Morgan fingerprint density at radius 2 is 2.14 bits per heavy atom. The van der Waals surface area contributed by atoms with E-state index in [1.54, 1.807) is 12.5 Å². The Labute approximate surface area is 160 Å². The van der Waals surface area contributed by atoms with Crippen LogP contribution in [0.5, 0.6) is 0 Å². The van der Waals surface area contributed by atoms with Gasteiger partial charge in [0.05, 0.1) is 0 Å². The zero-order valence-corrected chi connectivity index (χ0v) is 14.9. The maximum absolute atomic E-state index is 12.6. The van der Waals surface area contributed by atoms with Crippen molar-refractivity contribution >= 4 is 17.4 Å². The topological polar surface area (TPSA) is 101 Å². The first-order chi connectivity index (χ1) is 13.8. The van der Waals surface area contributed by atoms with Crippen molar-refractivity contribution in [3.05, 3.63) is 61.0 Å². The molecule has 5 rings (SSSR count). The minimum absolute atomic E-state index is 0.00523. The number of hydrogen-bond acceptors (Lipinski definition) is 7. The summed E-state index contributed by atoms with van der Waals surface area (Å²) in [6.45, 7) is 1.42. The molecule has 1 N–H and O–H groups in total. The maximum Gasteiger partial charge on any atom is 0.273 e. The molecule has 1 amide bonds. The van der Waals surface area contributed by atoms with Crippen LogP contribution in [-0.4, -0.2) is 49.6 Å². The molecule has 0 bridgehead atoms. The van der Waals surface area contributed by atoms with E-state index in [-0.39, 0.29) is 17.6 Å². The Balaban J connectivity index is 1.27. The lowest BCUT2D eigenvalue weighted by molar-refractivity contribution is 0.0935. The Hall–Kier alpha value is -3.75. The smallest absolute Gasteiger partial charge is 0.273 e. The molecule has 1 aliphatic heterocycles. The van der Waals surface area contributed by atoms with Gasteiger partial charge in [-0.25, -0.2) is 9.97 Å². The predicted octanol–water partition coefficient (Wildman–Crippen LogP) is 1.79. The van der Waals surface area contributed by atoms with Gasteiger partial charge in [-0.2, -0.15) is 0 Å². The first kappa shape index (κ1) is 16.4. The molecule has 1 aromatic carbocycles. The molecule has 4 aromatic rings. The summed E-state index contributed by atoms with van der Waals surface area (Å²) in [7, 11) is 0. The average molecular weight is 375 g/mol. The standard InChI is InChI=1S/C19H17N7O2/c27-18(15-11-28-19(23-15)13-4-2-1-3-5-13)22-14-6-8-25(10-14)16-17-24-21-12-26(17)9-7-20-16/h1-5,7,9,11-12,14H,6,8,10H2,(H,22,27)/t14-/m0/s1. The van der Waals surface area contributed by atoms with Crippen LogP contribution < -0.4 is 10.2 Å². The van der Waals surface area contributed by atoms with Gasteiger partial charge >= 0.3 is 0 Å². The average Bonchev–Trinajstić information content (AvgIpc) is 3.48. The Morgan fingerprint density at radius 3 is 3.04 bits per heavy atom. The van der Waals surface area contributed by atoms with Gasteiger partial charge < -0.3 is 14.6 Å². The largest absolute Gasteiger partial charge is 0.444 e. The molecule has 4 heterocycles. The second-order valence-electron chi connectivity index (χ2n) is 6.62.